The number of carbonyl (C=O) groups excluding carboxylic acids is 1. The summed E-state index contributed by atoms with van der Waals surface area (Å²) in [4.78, 5) is 11.4. The van der Waals surface area contributed by atoms with Crippen molar-refractivity contribution < 1.29 is 22.7 Å². The molecule has 0 aromatic carbocycles. The van der Waals surface area contributed by atoms with Gasteiger partial charge in [-0.05, 0) is 49.4 Å². The third-order valence-corrected chi connectivity index (χ3v) is 6.65. The molecule has 3 saturated carbocycles. The van der Waals surface area contributed by atoms with Crippen LogP contribution in [0.4, 0.5) is 13.2 Å². The lowest BCUT2D eigenvalue weighted by Crippen LogP contribution is -2.52. The number of ether oxygens (including phenoxy) is 1. The van der Waals surface area contributed by atoms with E-state index in [0.717, 1.165) is 32.1 Å². The minimum atomic E-state index is -4.90. The molecule has 0 N–H and O–H groups in total. The number of alkyl halides is 3. The minimum Gasteiger partial charge on any atom is -0.455 e. The molecule has 5 heteroatoms. The van der Waals surface area contributed by atoms with E-state index in [1.54, 1.807) is 0 Å². The van der Waals surface area contributed by atoms with Crippen molar-refractivity contribution in [3.05, 3.63) is 0 Å². The predicted octanol–water partition coefficient (Wildman–Crippen LogP) is 4.72. The first kappa shape index (κ1) is 16.1. The van der Waals surface area contributed by atoms with Gasteiger partial charge in [0.25, 0.3) is 0 Å². The average Bonchev–Trinajstić information content (AvgIpc) is 2.74. The summed E-state index contributed by atoms with van der Waals surface area (Å²) in [7, 11) is 0. The van der Waals surface area contributed by atoms with Gasteiger partial charge in [0.1, 0.15) is 6.10 Å². The minimum absolute atomic E-state index is 0.234. The molecule has 5 atom stereocenters. The van der Waals surface area contributed by atoms with Crippen molar-refractivity contribution >= 4 is 5.97 Å². The zero-order valence-electron chi connectivity index (χ0n) is 13.7. The van der Waals surface area contributed by atoms with Crippen LogP contribution in [-0.2, 0) is 9.53 Å². The molecule has 2 nitrogen and oxygen atoms in total. The Balaban J connectivity index is 1.90. The highest BCUT2D eigenvalue weighted by Crippen LogP contribution is 2.69. The lowest BCUT2D eigenvalue weighted by molar-refractivity contribution is -0.221. The van der Waals surface area contributed by atoms with Crippen LogP contribution in [-0.4, -0.2) is 18.2 Å². The summed E-state index contributed by atoms with van der Waals surface area (Å²) in [5.41, 5.74) is -0.388. The molecule has 0 spiro atoms. The number of rotatable bonds is 1. The maximum absolute atomic E-state index is 12.6. The van der Waals surface area contributed by atoms with Crippen molar-refractivity contribution in [3.63, 3.8) is 0 Å². The van der Waals surface area contributed by atoms with Gasteiger partial charge in [0.2, 0.25) is 0 Å². The van der Waals surface area contributed by atoms with E-state index in [2.05, 4.69) is 13.8 Å². The van der Waals surface area contributed by atoms with Gasteiger partial charge >= 0.3 is 12.1 Å². The lowest BCUT2D eigenvalue weighted by atomic mass is 9.59. The van der Waals surface area contributed by atoms with Crippen molar-refractivity contribution in [2.75, 3.05) is 0 Å². The molecule has 0 saturated heterocycles. The number of carbonyl (C=O) groups is 1. The normalized spacial score (nSPS) is 46.4. The molecule has 0 heterocycles. The summed E-state index contributed by atoms with van der Waals surface area (Å²) >= 11 is 0. The molecule has 0 aromatic heterocycles. The SMILES string of the molecule is CC1(C)C[C@H]2C[C@]3(C)CC[C@@](C)([C@@H]3OC(=O)C(F)(F)F)[C@H]2C1. The van der Waals surface area contributed by atoms with Crippen molar-refractivity contribution in [1.82, 2.24) is 0 Å². The number of esters is 1. The summed E-state index contributed by atoms with van der Waals surface area (Å²) in [5.74, 6) is -1.11. The van der Waals surface area contributed by atoms with E-state index < -0.39 is 18.2 Å². The molecule has 3 aliphatic carbocycles. The molecule has 3 rings (SSSR count). The topological polar surface area (TPSA) is 26.3 Å². The third kappa shape index (κ3) is 2.26. The molecule has 0 aliphatic heterocycles. The number of hydrogen-bond acceptors (Lipinski definition) is 2. The van der Waals surface area contributed by atoms with E-state index in [-0.39, 0.29) is 16.2 Å². The Kier molecular flexibility index (Phi) is 3.24. The highest BCUT2D eigenvalue weighted by atomic mass is 19.4. The van der Waals surface area contributed by atoms with Gasteiger partial charge in [-0.3, -0.25) is 0 Å². The molecule has 3 aliphatic rings. The Morgan fingerprint density at radius 3 is 2.27 bits per heavy atom. The van der Waals surface area contributed by atoms with Crippen LogP contribution in [0.25, 0.3) is 0 Å². The van der Waals surface area contributed by atoms with Crippen LogP contribution in [0, 0.1) is 28.1 Å². The summed E-state index contributed by atoms with van der Waals surface area (Å²) in [6.07, 6.45) is -0.773. The van der Waals surface area contributed by atoms with Crippen molar-refractivity contribution in [2.24, 2.45) is 28.1 Å². The van der Waals surface area contributed by atoms with Crippen molar-refractivity contribution in [2.45, 2.75) is 72.1 Å². The summed E-state index contributed by atoms with van der Waals surface area (Å²) in [5, 5.41) is 0. The van der Waals surface area contributed by atoms with Gasteiger partial charge in [-0.15, -0.1) is 0 Å². The van der Waals surface area contributed by atoms with Gasteiger partial charge < -0.3 is 4.74 Å². The van der Waals surface area contributed by atoms with E-state index in [1.165, 1.54) is 0 Å². The van der Waals surface area contributed by atoms with Crippen molar-refractivity contribution in [3.8, 4) is 0 Å². The smallest absolute Gasteiger partial charge is 0.455 e. The first-order valence-electron chi connectivity index (χ1n) is 8.15. The first-order valence-corrected chi connectivity index (χ1v) is 8.15. The van der Waals surface area contributed by atoms with Gasteiger partial charge in [-0.2, -0.15) is 13.2 Å². The van der Waals surface area contributed by atoms with Gasteiger partial charge in [0, 0.05) is 10.8 Å². The molecule has 0 amide bonds. The quantitative estimate of drug-likeness (QED) is 0.654. The van der Waals surface area contributed by atoms with Crippen molar-refractivity contribution in [1.29, 1.82) is 0 Å². The molecule has 0 unspecified atom stereocenters. The molecule has 0 aromatic rings. The van der Waals surface area contributed by atoms with E-state index in [0.29, 0.717) is 11.8 Å². The maximum atomic E-state index is 12.6. The maximum Gasteiger partial charge on any atom is 0.490 e. The fourth-order valence-corrected chi connectivity index (χ4v) is 5.94. The van der Waals surface area contributed by atoms with Gasteiger partial charge in [-0.25, -0.2) is 4.79 Å². The standard InChI is InChI=1S/C17H25F3O2/c1-14(2)7-10-8-15(3)5-6-16(4,11(10)9-14)12(15)22-13(21)17(18,19)20/h10-12H,5-9H2,1-4H3/t10-,11-,12+,15-,16+/m0/s1. The van der Waals surface area contributed by atoms with E-state index in [1.807, 2.05) is 13.8 Å². The van der Waals surface area contributed by atoms with E-state index in [9.17, 15) is 18.0 Å². The second-order valence-corrected chi connectivity index (χ2v) is 9.09. The van der Waals surface area contributed by atoms with Crippen LogP contribution in [0.15, 0.2) is 0 Å². The monoisotopic (exact) mass is 318 g/mol. The van der Waals surface area contributed by atoms with Gasteiger partial charge in [0.15, 0.2) is 0 Å². The van der Waals surface area contributed by atoms with E-state index in [4.69, 9.17) is 4.74 Å². The molecule has 2 bridgehead atoms. The zero-order valence-corrected chi connectivity index (χ0v) is 13.7. The lowest BCUT2D eigenvalue weighted by Gasteiger charge is -2.50. The van der Waals surface area contributed by atoms with Crippen LogP contribution in [0.3, 0.4) is 0 Å². The fraction of sp³-hybridized carbons (Fsp3) is 0.941. The Morgan fingerprint density at radius 1 is 1.05 bits per heavy atom. The molecule has 3 fully saturated rings. The molecular weight excluding hydrogens is 293 g/mol. The van der Waals surface area contributed by atoms with E-state index >= 15 is 0 Å². The Labute approximate surface area is 129 Å². The summed E-state index contributed by atoms with van der Waals surface area (Å²) in [6.45, 7) is 8.53. The molecule has 22 heavy (non-hydrogen) atoms. The second-order valence-electron chi connectivity index (χ2n) is 9.09. The fourth-order valence-electron chi connectivity index (χ4n) is 5.94. The Morgan fingerprint density at radius 2 is 1.68 bits per heavy atom. The van der Waals surface area contributed by atoms with Crippen LogP contribution in [0.1, 0.15) is 59.8 Å². The average molecular weight is 318 g/mol. The van der Waals surface area contributed by atoms with Crippen LogP contribution >= 0.6 is 0 Å². The Bertz CT molecular complexity index is 499. The van der Waals surface area contributed by atoms with Gasteiger partial charge in [-0.1, -0.05) is 27.7 Å². The van der Waals surface area contributed by atoms with Gasteiger partial charge in [0.05, 0.1) is 0 Å². The molecular formula is C17H25F3O2. The Hall–Kier alpha value is -0.740. The third-order valence-electron chi connectivity index (χ3n) is 6.65. The van der Waals surface area contributed by atoms with Crippen LogP contribution in [0.2, 0.25) is 0 Å². The first-order chi connectivity index (χ1) is 9.87. The second kappa shape index (κ2) is 4.41. The predicted molar refractivity (Wildman–Crippen MR) is 76.0 cm³/mol. The summed E-state index contributed by atoms with van der Waals surface area (Å²) < 4.78 is 43.0. The zero-order chi connectivity index (χ0) is 16.6. The number of halogens is 3. The summed E-state index contributed by atoms with van der Waals surface area (Å²) in [6, 6.07) is 0. The molecule has 0 radical (unpaired) electrons. The number of hydrogen-bond donors (Lipinski definition) is 0. The molecule has 126 valence electrons. The van der Waals surface area contributed by atoms with Crippen LogP contribution < -0.4 is 0 Å². The largest absolute Gasteiger partial charge is 0.490 e. The van der Waals surface area contributed by atoms with Crippen LogP contribution in [0.5, 0.6) is 0 Å². The number of fused-ring (bicyclic) bond motifs is 4. The highest BCUT2D eigenvalue weighted by Gasteiger charge is 2.66. The highest BCUT2D eigenvalue weighted by molar-refractivity contribution is 5.76.